The van der Waals surface area contributed by atoms with Crippen LogP contribution in [-0.4, -0.2) is 23.9 Å². The van der Waals surface area contributed by atoms with Crippen molar-refractivity contribution in [2.24, 2.45) is 0 Å². The molecule has 1 aliphatic heterocycles. The van der Waals surface area contributed by atoms with Gasteiger partial charge in [-0.2, -0.15) is 5.26 Å². The van der Waals surface area contributed by atoms with Gasteiger partial charge in [-0.1, -0.05) is 62.2 Å². The average Bonchev–Trinajstić information content (AvgIpc) is 2.88. The van der Waals surface area contributed by atoms with Crippen LogP contribution in [0.15, 0.2) is 117 Å². The summed E-state index contributed by atoms with van der Waals surface area (Å²) in [5.74, 6) is 1.59. The van der Waals surface area contributed by atoms with Gasteiger partial charge in [0.05, 0.1) is 6.07 Å². The first-order valence-electron chi connectivity index (χ1n) is 11.4. The molecule has 0 saturated heterocycles. The Kier molecular flexibility index (Phi) is 8.52. The lowest BCUT2D eigenvalue weighted by Gasteiger charge is -2.18. The highest BCUT2D eigenvalue weighted by Gasteiger charge is 2.14. The molecule has 174 valence electrons. The zero-order valence-electron chi connectivity index (χ0n) is 19.4. The lowest BCUT2D eigenvalue weighted by molar-refractivity contribution is -0.496. The van der Waals surface area contributed by atoms with Crippen LogP contribution >= 0.6 is 31.9 Å². The van der Waals surface area contributed by atoms with E-state index in [-0.39, 0.29) is 0 Å². The molecule has 0 bridgehead atoms. The third-order valence-corrected chi connectivity index (χ3v) is 6.73. The van der Waals surface area contributed by atoms with Crippen molar-refractivity contribution in [2.45, 2.75) is 12.8 Å². The first-order chi connectivity index (χ1) is 17.0. The number of hydrogen-bond donors (Lipinski definition) is 0. The van der Waals surface area contributed by atoms with Crippen molar-refractivity contribution in [1.29, 1.82) is 5.26 Å². The van der Waals surface area contributed by atoms with Gasteiger partial charge in [-0.15, -0.1) is 0 Å². The van der Waals surface area contributed by atoms with E-state index in [0.29, 0.717) is 6.42 Å². The predicted molar refractivity (Wildman–Crippen MR) is 151 cm³/mol. The number of ether oxygens (including phenoxy) is 1. The molecule has 0 atom stereocenters. The number of rotatable bonds is 6. The maximum absolute atomic E-state index is 8.74. The summed E-state index contributed by atoms with van der Waals surface area (Å²) in [5, 5.41) is 8.74. The van der Waals surface area contributed by atoms with Gasteiger partial charge in [0.2, 0.25) is 0 Å². The Morgan fingerprint density at radius 2 is 1.49 bits per heavy atom. The van der Waals surface area contributed by atoms with Gasteiger partial charge in [0.25, 0.3) is 0 Å². The van der Waals surface area contributed by atoms with E-state index in [1.165, 1.54) is 0 Å². The van der Waals surface area contributed by atoms with Crippen molar-refractivity contribution in [3.05, 3.63) is 129 Å². The zero-order chi connectivity index (χ0) is 24.6. The number of unbranched alkanes of at least 4 members (excludes halogenated alkanes) is 1. The highest BCUT2D eigenvalue weighted by molar-refractivity contribution is 9.10. The highest BCUT2D eigenvalue weighted by atomic mass is 79.9. The van der Waals surface area contributed by atoms with E-state index in [9.17, 15) is 0 Å². The van der Waals surface area contributed by atoms with E-state index in [2.05, 4.69) is 104 Å². The fraction of sp³-hybridized carbons (Fsp3) is 0.133. The van der Waals surface area contributed by atoms with Crippen molar-refractivity contribution in [1.82, 2.24) is 0 Å². The molecule has 0 spiro atoms. The largest absolute Gasteiger partial charge is 0.457 e. The summed E-state index contributed by atoms with van der Waals surface area (Å²) in [7, 11) is 2.05. The van der Waals surface area contributed by atoms with Crippen LogP contribution in [0.2, 0.25) is 0 Å². The molecule has 0 N–H and O–H groups in total. The smallest absolute Gasteiger partial charge is 0.199 e. The molecule has 4 rings (SSSR count). The maximum Gasteiger partial charge on any atom is 0.199 e. The molecule has 0 aromatic heterocycles. The molecule has 1 heterocycles. The fourth-order valence-corrected chi connectivity index (χ4v) is 4.24. The minimum Gasteiger partial charge on any atom is -0.457 e. The number of nitrogens with zero attached hydrogens (tertiary/aromatic N) is 2. The second kappa shape index (κ2) is 12.0. The SMILES string of the molecule is C[N+](CCCC#N)=C1C=CC(=CC=C2C=C(c3ccc(Br)cc3)C=C(c3ccc(Br)cc3)O2)C=C1. The van der Waals surface area contributed by atoms with Crippen molar-refractivity contribution < 1.29 is 9.31 Å². The van der Waals surface area contributed by atoms with Gasteiger partial charge in [0.15, 0.2) is 5.71 Å². The molecular weight excluding hydrogens is 564 g/mol. The first kappa shape index (κ1) is 24.9. The lowest BCUT2D eigenvalue weighted by atomic mass is 10.0. The molecule has 0 saturated carbocycles. The second-order valence-electron chi connectivity index (χ2n) is 8.23. The summed E-state index contributed by atoms with van der Waals surface area (Å²) >= 11 is 7.03. The van der Waals surface area contributed by atoms with Crippen LogP contribution in [0.3, 0.4) is 0 Å². The quantitative estimate of drug-likeness (QED) is 0.253. The number of halogens is 2. The van der Waals surface area contributed by atoms with Crippen LogP contribution in [0.4, 0.5) is 0 Å². The minimum absolute atomic E-state index is 0.580. The second-order valence-corrected chi connectivity index (χ2v) is 10.1. The van der Waals surface area contributed by atoms with E-state index in [1.54, 1.807) is 0 Å². The molecule has 2 aromatic rings. The molecular formula is C30H25Br2N2O+. The summed E-state index contributed by atoms with van der Waals surface area (Å²) < 4.78 is 10.5. The van der Waals surface area contributed by atoms with Crippen LogP contribution in [0.1, 0.15) is 24.0 Å². The summed E-state index contributed by atoms with van der Waals surface area (Å²) in [4.78, 5) is 0. The summed E-state index contributed by atoms with van der Waals surface area (Å²) in [6.45, 7) is 0.864. The molecule has 5 heteroatoms. The van der Waals surface area contributed by atoms with E-state index in [4.69, 9.17) is 10.00 Å². The third-order valence-electron chi connectivity index (χ3n) is 5.67. The Balaban J connectivity index is 1.59. The molecule has 0 unspecified atom stereocenters. The summed E-state index contributed by atoms with van der Waals surface area (Å²) in [6.07, 6.45) is 18.1. The van der Waals surface area contributed by atoms with Gasteiger partial charge in [-0.3, -0.25) is 0 Å². The van der Waals surface area contributed by atoms with Crippen LogP contribution < -0.4 is 0 Å². The maximum atomic E-state index is 8.74. The van der Waals surface area contributed by atoms with E-state index < -0.39 is 0 Å². The Labute approximate surface area is 223 Å². The number of hydrogen-bond acceptors (Lipinski definition) is 2. The van der Waals surface area contributed by atoms with Gasteiger partial charge in [0, 0.05) is 39.5 Å². The Morgan fingerprint density at radius 3 is 2.11 bits per heavy atom. The molecule has 0 radical (unpaired) electrons. The number of nitriles is 1. The van der Waals surface area contributed by atoms with Crippen LogP contribution in [0.25, 0.3) is 11.3 Å². The zero-order valence-corrected chi connectivity index (χ0v) is 22.6. The molecule has 35 heavy (non-hydrogen) atoms. The monoisotopic (exact) mass is 587 g/mol. The van der Waals surface area contributed by atoms with Gasteiger partial charge < -0.3 is 4.74 Å². The summed E-state index contributed by atoms with van der Waals surface area (Å²) in [5.41, 5.74) is 5.47. The minimum atomic E-state index is 0.580. The van der Waals surface area contributed by atoms with Crippen LogP contribution in [-0.2, 0) is 4.74 Å². The van der Waals surface area contributed by atoms with Crippen molar-refractivity contribution >= 4 is 48.9 Å². The normalized spacial score (nSPS) is 15.9. The number of allylic oxidation sites excluding steroid dienone is 10. The van der Waals surface area contributed by atoms with Gasteiger partial charge in [-0.05, 0) is 71.4 Å². The highest BCUT2D eigenvalue weighted by Crippen LogP contribution is 2.32. The molecule has 1 aliphatic carbocycles. The van der Waals surface area contributed by atoms with Gasteiger partial charge in [-0.25, -0.2) is 4.58 Å². The van der Waals surface area contributed by atoms with Gasteiger partial charge >= 0.3 is 0 Å². The number of benzene rings is 2. The lowest BCUT2D eigenvalue weighted by Crippen LogP contribution is -2.16. The summed E-state index contributed by atoms with van der Waals surface area (Å²) in [6, 6.07) is 18.6. The average molecular weight is 589 g/mol. The van der Waals surface area contributed by atoms with E-state index >= 15 is 0 Å². The van der Waals surface area contributed by atoms with Crippen LogP contribution in [0.5, 0.6) is 0 Å². The molecule has 0 amide bonds. The van der Waals surface area contributed by atoms with Crippen molar-refractivity contribution in [2.75, 3.05) is 13.6 Å². The third kappa shape index (κ3) is 6.91. The standard InChI is InChI=1S/C30H25Br2N2O/c1-34(19-3-2-18-33)28-15-4-22(5-16-28)6-17-29-20-25(23-7-11-26(31)12-8-23)21-30(35-29)24-9-13-27(32)14-10-24/h4-17,20-21H,2-3,19H2,1H3/q+1. The Bertz CT molecular complexity index is 1330. The molecule has 0 fully saturated rings. The Hall–Kier alpha value is -3.20. The van der Waals surface area contributed by atoms with Crippen molar-refractivity contribution in [3.8, 4) is 6.07 Å². The van der Waals surface area contributed by atoms with E-state index in [0.717, 1.165) is 61.4 Å². The van der Waals surface area contributed by atoms with Crippen molar-refractivity contribution in [3.63, 3.8) is 0 Å². The Morgan fingerprint density at radius 1 is 0.857 bits per heavy atom. The predicted octanol–water partition coefficient (Wildman–Crippen LogP) is 7.99. The first-order valence-corrected chi connectivity index (χ1v) is 13.0. The molecule has 3 nitrogen and oxygen atoms in total. The fourth-order valence-electron chi connectivity index (χ4n) is 3.71. The molecule has 2 aliphatic rings. The van der Waals surface area contributed by atoms with E-state index in [1.807, 2.05) is 42.5 Å². The van der Waals surface area contributed by atoms with Gasteiger partial charge in [0.1, 0.15) is 25.1 Å². The van der Waals surface area contributed by atoms with Crippen LogP contribution in [0, 0.1) is 11.3 Å². The topological polar surface area (TPSA) is 36.0 Å². The molecule has 2 aromatic carbocycles.